The average molecular weight is 363 g/mol. The predicted molar refractivity (Wildman–Crippen MR) is 122 cm³/mol. The highest BCUT2D eigenvalue weighted by Crippen LogP contribution is 2.40. The maximum absolute atomic E-state index is 2.32. The molecule has 4 aromatic carbocycles. The van der Waals surface area contributed by atoms with Crippen molar-refractivity contribution in [1.82, 2.24) is 0 Å². The third-order valence-corrected chi connectivity index (χ3v) is 5.76. The lowest BCUT2D eigenvalue weighted by Gasteiger charge is -2.18. The Bertz CT molecular complexity index is 1130. The van der Waals surface area contributed by atoms with Gasteiger partial charge in [0.1, 0.15) is 0 Å². The zero-order chi connectivity index (χ0) is 19.7. The summed E-state index contributed by atoms with van der Waals surface area (Å²) in [6.45, 7) is 8.73. The third kappa shape index (κ3) is 3.39. The third-order valence-electron chi connectivity index (χ3n) is 5.76. The Morgan fingerprint density at radius 2 is 0.929 bits per heavy atom. The number of hydrogen-bond donors (Lipinski definition) is 0. The smallest absolute Gasteiger partial charge is 0.00267 e. The molecule has 4 aromatic rings. The van der Waals surface area contributed by atoms with Gasteiger partial charge in [-0.15, -0.1) is 0 Å². The van der Waals surface area contributed by atoms with Gasteiger partial charge in [0.05, 0.1) is 0 Å². The van der Waals surface area contributed by atoms with Gasteiger partial charge < -0.3 is 0 Å². The number of benzene rings is 4. The van der Waals surface area contributed by atoms with Gasteiger partial charge in [0.2, 0.25) is 0 Å². The Hall–Kier alpha value is -3.12. The molecule has 0 heteroatoms. The highest BCUT2D eigenvalue weighted by atomic mass is 14.2. The molecule has 0 aliphatic heterocycles. The van der Waals surface area contributed by atoms with Crippen LogP contribution in [0.15, 0.2) is 84.9 Å². The van der Waals surface area contributed by atoms with Crippen LogP contribution in [0.25, 0.3) is 33.4 Å². The molecule has 0 nitrogen and oxygen atoms in total. The van der Waals surface area contributed by atoms with Crippen molar-refractivity contribution in [2.24, 2.45) is 0 Å². The van der Waals surface area contributed by atoms with Crippen LogP contribution in [0.4, 0.5) is 0 Å². The van der Waals surface area contributed by atoms with Gasteiger partial charge in [-0.3, -0.25) is 0 Å². The molecule has 0 aromatic heterocycles. The van der Waals surface area contributed by atoms with Crippen LogP contribution in [0.2, 0.25) is 0 Å². The van der Waals surface area contributed by atoms with Crippen molar-refractivity contribution in [2.45, 2.75) is 27.7 Å². The molecule has 0 aliphatic rings. The van der Waals surface area contributed by atoms with Crippen LogP contribution in [-0.2, 0) is 0 Å². The Labute approximate surface area is 168 Å². The molecule has 0 heterocycles. The fraction of sp³-hybridized carbons (Fsp3) is 0.143. The van der Waals surface area contributed by atoms with Crippen LogP contribution < -0.4 is 0 Å². The zero-order valence-corrected chi connectivity index (χ0v) is 17.1. The molecule has 0 N–H and O–H groups in total. The van der Waals surface area contributed by atoms with Gasteiger partial charge in [0.25, 0.3) is 0 Å². The molecule has 0 unspecified atom stereocenters. The summed E-state index contributed by atoms with van der Waals surface area (Å²) in [6.07, 6.45) is 0. The molecule has 0 fully saturated rings. The van der Waals surface area contributed by atoms with E-state index < -0.39 is 0 Å². The summed E-state index contributed by atoms with van der Waals surface area (Å²) >= 11 is 0. The molecule has 4 rings (SSSR count). The van der Waals surface area contributed by atoms with Gasteiger partial charge in [-0.05, 0) is 83.3 Å². The topological polar surface area (TPSA) is 0 Å². The van der Waals surface area contributed by atoms with E-state index >= 15 is 0 Å². The second-order valence-corrected chi connectivity index (χ2v) is 7.69. The maximum Gasteiger partial charge on any atom is -0.00267 e. The minimum absolute atomic E-state index is 1.25. The van der Waals surface area contributed by atoms with Gasteiger partial charge in [-0.1, -0.05) is 84.9 Å². The van der Waals surface area contributed by atoms with E-state index in [0.29, 0.717) is 0 Å². The van der Waals surface area contributed by atoms with Gasteiger partial charge in [0.15, 0.2) is 0 Å². The lowest BCUT2D eigenvalue weighted by atomic mass is 9.86. The Kier molecular flexibility index (Phi) is 4.88. The summed E-state index contributed by atoms with van der Waals surface area (Å²) in [7, 11) is 0. The predicted octanol–water partition coefficient (Wildman–Crippen LogP) is 7.92. The molecular weight excluding hydrogens is 336 g/mol. The Balaban J connectivity index is 2.03. The first kappa shape index (κ1) is 18.3. The van der Waals surface area contributed by atoms with Crippen LogP contribution in [0.1, 0.15) is 22.3 Å². The summed E-state index contributed by atoms with van der Waals surface area (Å²) in [5, 5.41) is 0. The first-order valence-electron chi connectivity index (χ1n) is 9.88. The van der Waals surface area contributed by atoms with Crippen molar-refractivity contribution in [2.75, 3.05) is 0 Å². The fourth-order valence-electron chi connectivity index (χ4n) is 3.77. The van der Waals surface area contributed by atoms with E-state index in [2.05, 4.69) is 113 Å². The highest BCUT2D eigenvalue weighted by molar-refractivity contribution is 5.94. The van der Waals surface area contributed by atoms with Crippen LogP contribution >= 0.6 is 0 Å². The van der Waals surface area contributed by atoms with E-state index in [-0.39, 0.29) is 0 Å². The van der Waals surface area contributed by atoms with Gasteiger partial charge in [-0.25, -0.2) is 0 Å². The molecule has 138 valence electrons. The largest absolute Gasteiger partial charge is 0.0622 e. The van der Waals surface area contributed by atoms with Crippen molar-refractivity contribution in [1.29, 1.82) is 0 Å². The number of hydrogen-bond acceptors (Lipinski definition) is 0. The van der Waals surface area contributed by atoms with Crippen LogP contribution in [-0.4, -0.2) is 0 Å². The SMILES string of the molecule is Cc1ccc(-c2cccc(-c3ccccc3)c2-c2ccc(C)c(C)c2)cc1C. The van der Waals surface area contributed by atoms with E-state index in [1.54, 1.807) is 0 Å². The highest BCUT2D eigenvalue weighted by Gasteiger charge is 2.15. The molecule has 28 heavy (non-hydrogen) atoms. The quantitative estimate of drug-likeness (QED) is 0.347. The van der Waals surface area contributed by atoms with Crippen molar-refractivity contribution >= 4 is 0 Å². The van der Waals surface area contributed by atoms with E-state index in [0.717, 1.165) is 0 Å². The molecule has 0 amide bonds. The Morgan fingerprint density at radius 3 is 1.54 bits per heavy atom. The van der Waals surface area contributed by atoms with Crippen molar-refractivity contribution in [3.8, 4) is 33.4 Å². The average Bonchev–Trinajstić information content (AvgIpc) is 2.72. The summed E-state index contributed by atoms with van der Waals surface area (Å²) in [6, 6.07) is 31.0. The van der Waals surface area contributed by atoms with Crippen molar-refractivity contribution < 1.29 is 0 Å². The molecule has 0 radical (unpaired) electrons. The summed E-state index contributed by atoms with van der Waals surface area (Å²) in [5.74, 6) is 0. The first-order valence-corrected chi connectivity index (χ1v) is 9.88. The molecule has 0 bridgehead atoms. The molecular formula is C28H26. The number of aryl methyl sites for hydroxylation is 4. The first-order chi connectivity index (χ1) is 13.5. The van der Waals surface area contributed by atoms with Crippen molar-refractivity contribution in [3.05, 3.63) is 107 Å². The Morgan fingerprint density at radius 1 is 0.393 bits per heavy atom. The molecule has 0 spiro atoms. The normalized spacial score (nSPS) is 10.9. The maximum atomic E-state index is 2.32. The van der Waals surface area contributed by atoms with Crippen molar-refractivity contribution in [3.63, 3.8) is 0 Å². The molecule has 0 aliphatic carbocycles. The number of rotatable bonds is 3. The molecule has 0 saturated heterocycles. The van der Waals surface area contributed by atoms with Gasteiger partial charge in [-0.2, -0.15) is 0 Å². The minimum Gasteiger partial charge on any atom is -0.0622 e. The van der Waals surface area contributed by atoms with E-state index in [1.807, 2.05) is 0 Å². The van der Waals surface area contributed by atoms with Gasteiger partial charge in [0, 0.05) is 0 Å². The summed E-state index contributed by atoms with van der Waals surface area (Å²) < 4.78 is 0. The van der Waals surface area contributed by atoms with E-state index in [4.69, 9.17) is 0 Å². The van der Waals surface area contributed by atoms with Crippen LogP contribution in [0.5, 0.6) is 0 Å². The standard InChI is InChI=1S/C28H26/c1-19-13-15-24(17-21(19)3)27-12-8-11-26(23-9-6-5-7-10-23)28(27)25-16-14-20(2)22(4)18-25/h5-18H,1-4H3. The van der Waals surface area contributed by atoms with Crippen LogP contribution in [0, 0.1) is 27.7 Å². The van der Waals surface area contributed by atoms with E-state index in [1.165, 1.54) is 55.6 Å². The second-order valence-electron chi connectivity index (χ2n) is 7.69. The van der Waals surface area contributed by atoms with Crippen LogP contribution in [0.3, 0.4) is 0 Å². The lowest BCUT2D eigenvalue weighted by molar-refractivity contribution is 1.33. The lowest BCUT2D eigenvalue weighted by Crippen LogP contribution is -1.93. The monoisotopic (exact) mass is 362 g/mol. The summed E-state index contributed by atoms with van der Waals surface area (Å²) in [5.41, 5.74) is 13.0. The second kappa shape index (κ2) is 7.48. The van der Waals surface area contributed by atoms with E-state index in [9.17, 15) is 0 Å². The molecule has 0 saturated carbocycles. The molecule has 0 atom stereocenters. The zero-order valence-electron chi connectivity index (χ0n) is 17.1. The summed E-state index contributed by atoms with van der Waals surface area (Å²) in [4.78, 5) is 0. The minimum atomic E-state index is 1.25. The fourth-order valence-corrected chi connectivity index (χ4v) is 3.77. The van der Waals surface area contributed by atoms with Gasteiger partial charge >= 0.3 is 0 Å².